The van der Waals surface area contributed by atoms with E-state index >= 15 is 0 Å². The molecule has 0 fully saturated rings. The first-order valence-electron chi connectivity index (χ1n) is 8.61. The highest BCUT2D eigenvalue weighted by Gasteiger charge is 2.32. The van der Waals surface area contributed by atoms with Gasteiger partial charge in [0.05, 0.1) is 5.69 Å². The number of sulfone groups is 1. The SMILES string of the molecule is Cc1cc(-c2cc(C(F)F)nn2-c2cc(F)c(S(C)(=O)=O)cc2F)ccc1OC(F)(F)F. The molecule has 172 valence electrons. The summed E-state index contributed by atoms with van der Waals surface area (Å²) in [4.78, 5) is -0.939. The first-order chi connectivity index (χ1) is 14.7. The molecule has 2 aromatic carbocycles. The number of nitrogens with zero attached hydrogens (tertiary/aromatic N) is 2. The summed E-state index contributed by atoms with van der Waals surface area (Å²) in [6.45, 7) is 1.26. The van der Waals surface area contributed by atoms with Crippen molar-refractivity contribution in [3.8, 4) is 22.7 Å². The van der Waals surface area contributed by atoms with Gasteiger partial charge in [0.25, 0.3) is 6.43 Å². The second-order valence-electron chi connectivity index (χ2n) is 6.70. The molecule has 0 aliphatic heterocycles. The fourth-order valence-electron chi connectivity index (χ4n) is 2.91. The molecular formula is C19H13F7N2O3S. The van der Waals surface area contributed by atoms with Gasteiger partial charge >= 0.3 is 6.36 Å². The number of rotatable bonds is 5. The van der Waals surface area contributed by atoms with E-state index in [1.165, 1.54) is 6.92 Å². The quantitative estimate of drug-likeness (QED) is 0.459. The second-order valence-corrected chi connectivity index (χ2v) is 8.69. The Kier molecular flexibility index (Phi) is 5.98. The average Bonchev–Trinajstić information content (AvgIpc) is 3.08. The van der Waals surface area contributed by atoms with Crippen LogP contribution in [0.5, 0.6) is 5.75 Å². The van der Waals surface area contributed by atoms with Crippen LogP contribution in [0.15, 0.2) is 41.3 Å². The third kappa shape index (κ3) is 4.87. The highest BCUT2D eigenvalue weighted by atomic mass is 32.2. The fourth-order valence-corrected chi connectivity index (χ4v) is 3.64. The summed E-state index contributed by atoms with van der Waals surface area (Å²) in [5, 5.41) is 3.56. The molecule has 0 aliphatic rings. The van der Waals surface area contributed by atoms with E-state index in [-0.39, 0.29) is 16.8 Å². The van der Waals surface area contributed by atoms with E-state index in [9.17, 15) is 39.2 Å². The molecule has 3 aromatic rings. The van der Waals surface area contributed by atoms with Crippen molar-refractivity contribution < 1.29 is 43.9 Å². The number of halogens is 7. The van der Waals surface area contributed by atoms with E-state index < -0.39 is 56.3 Å². The molecule has 0 saturated carbocycles. The largest absolute Gasteiger partial charge is 0.573 e. The van der Waals surface area contributed by atoms with Gasteiger partial charge in [0, 0.05) is 17.9 Å². The van der Waals surface area contributed by atoms with E-state index in [0.717, 1.165) is 24.3 Å². The Morgan fingerprint density at radius 3 is 2.22 bits per heavy atom. The molecule has 32 heavy (non-hydrogen) atoms. The zero-order valence-corrected chi connectivity index (χ0v) is 17.0. The van der Waals surface area contributed by atoms with Crippen molar-refractivity contribution >= 4 is 9.84 Å². The minimum atomic E-state index is -4.96. The van der Waals surface area contributed by atoms with Gasteiger partial charge in [-0.2, -0.15) is 5.10 Å². The van der Waals surface area contributed by atoms with Crippen LogP contribution in [-0.4, -0.2) is 30.8 Å². The standard InChI is InChI=1S/C19H13F7N2O3S/c1-9-5-10(3-4-16(9)31-19(24,25)26)14-8-13(18(22)23)27-28(14)15-6-12(21)17(7-11(15)20)32(2,29)30/h3-8,18H,1-2H3. The number of alkyl halides is 5. The van der Waals surface area contributed by atoms with Crippen LogP contribution < -0.4 is 4.74 Å². The molecule has 0 unspecified atom stereocenters. The van der Waals surface area contributed by atoms with E-state index in [1.54, 1.807) is 0 Å². The Morgan fingerprint density at radius 1 is 1.03 bits per heavy atom. The van der Waals surface area contributed by atoms with Gasteiger partial charge in [-0.3, -0.25) is 0 Å². The monoisotopic (exact) mass is 482 g/mol. The molecule has 0 atom stereocenters. The Hall–Kier alpha value is -3.09. The summed E-state index contributed by atoms with van der Waals surface area (Å²) in [7, 11) is -4.12. The van der Waals surface area contributed by atoms with Crippen LogP contribution in [0.3, 0.4) is 0 Å². The third-order valence-corrected chi connectivity index (χ3v) is 5.39. The predicted octanol–water partition coefficient (Wildman–Crippen LogP) is 5.37. The highest BCUT2D eigenvalue weighted by molar-refractivity contribution is 7.90. The van der Waals surface area contributed by atoms with Crippen molar-refractivity contribution in [2.75, 3.05) is 6.26 Å². The first-order valence-corrected chi connectivity index (χ1v) is 10.5. The first kappa shape index (κ1) is 23.6. The normalized spacial score (nSPS) is 12.4. The van der Waals surface area contributed by atoms with Crippen molar-refractivity contribution in [1.82, 2.24) is 9.78 Å². The number of aryl methyl sites for hydroxylation is 1. The van der Waals surface area contributed by atoms with Gasteiger partial charge in [-0.25, -0.2) is 30.7 Å². The maximum absolute atomic E-state index is 14.7. The van der Waals surface area contributed by atoms with Gasteiger partial charge in [0.1, 0.15) is 33.7 Å². The molecule has 3 rings (SSSR count). The zero-order chi connectivity index (χ0) is 24.0. The van der Waals surface area contributed by atoms with Crippen LogP contribution in [-0.2, 0) is 9.84 Å². The lowest BCUT2D eigenvalue weighted by Crippen LogP contribution is -2.17. The molecule has 1 aromatic heterocycles. The number of hydrogen-bond acceptors (Lipinski definition) is 4. The number of aromatic nitrogens is 2. The second kappa shape index (κ2) is 8.11. The molecule has 0 bridgehead atoms. The minimum Gasteiger partial charge on any atom is -0.406 e. The lowest BCUT2D eigenvalue weighted by Gasteiger charge is -2.14. The van der Waals surface area contributed by atoms with Gasteiger partial charge in [-0.15, -0.1) is 13.2 Å². The van der Waals surface area contributed by atoms with E-state index in [2.05, 4.69) is 9.84 Å². The Morgan fingerprint density at radius 2 is 1.69 bits per heavy atom. The van der Waals surface area contributed by atoms with Gasteiger partial charge in [0.2, 0.25) is 0 Å². The van der Waals surface area contributed by atoms with Crippen LogP contribution in [0.25, 0.3) is 16.9 Å². The van der Waals surface area contributed by atoms with Crippen molar-refractivity contribution in [2.24, 2.45) is 0 Å². The maximum Gasteiger partial charge on any atom is 0.573 e. The summed E-state index contributed by atoms with van der Waals surface area (Å²) < 4.78 is 121. The Balaban J connectivity index is 2.19. The predicted molar refractivity (Wildman–Crippen MR) is 98.4 cm³/mol. The Labute approximate surface area is 177 Å². The topological polar surface area (TPSA) is 61.2 Å². The van der Waals surface area contributed by atoms with Crippen LogP contribution in [0.1, 0.15) is 17.7 Å². The van der Waals surface area contributed by atoms with Crippen molar-refractivity contribution in [2.45, 2.75) is 24.6 Å². The molecule has 0 saturated heterocycles. The number of benzene rings is 2. The number of hydrogen-bond donors (Lipinski definition) is 0. The summed E-state index contributed by atoms with van der Waals surface area (Å²) in [5.74, 6) is -3.16. The maximum atomic E-state index is 14.7. The third-order valence-electron chi connectivity index (χ3n) is 4.28. The van der Waals surface area contributed by atoms with Gasteiger partial charge in [-0.05, 0) is 42.8 Å². The van der Waals surface area contributed by atoms with Gasteiger partial charge < -0.3 is 4.74 Å². The summed E-state index contributed by atoms with van der Waals surface area (Å²) in [6, 6.07) is 4.90. The average molecular weight is 482 g/mol. The fraction of sp³-hybridized carbons (Fsp3) is 0.211. The highest BCUT2D eigenvalue weighted by Crippen LogP contribution is 2.34. The molecular weight excluding hydrogens is 469 g/mol. The van der Waals surface area contributed by atoms with E-state index in [4.69, 9.17) is 0 Å². The molecule has 1 heterocycles. The van der Waals surface area contributed by atoms with Crippen molar-refractivity contribution in [1.29, 1.82) is 0 Å². The van der Waals surface area contributed by atoms with Gasteiger partial charge in [0.15, 0.2) is 9.84 Å². The van der Waals surface area contributed by atoms with E-state index in [0.29, 0.717) is 23.1 Å². The van der Waals surface area contributed by atoms with Crippen LogP contribution in [0.2, 0.25) is 0 Å². The molecule has 5 nitrogen and oxygen atoms in total. The lowest BCUT2D eigenvalue weighted by atomic mass is 10.1. The van der Waals surface area contributed by atoms with Gasteiger partial charge in [-0.1, -0.05) is 0 Å². The summed E-state index contributed by atoms with van der Waals surface area (Å²) in [5.41, 5.74) is -1.67. The van der Waals surface area contributed by atoms with Crippen LogP contribution in [0, 0.1) is 18.6 Å². The van der Waals surface area contributed by atoms with E-state index in [1.807, 2.05) is 0 Å². The van der Waals surface area contributed by atoms with Crippen molar-refractivity contribution in [3.63, 3.8) is 0 Å². The molecule has 0 radical (unpaired) electrons. The van der Waals surface area contributed by atoms with Crippen LogP contribution in [0.4, 0.5) is 30.7 Å². The summed E-state index contributed by atoms with van der Waals surface area (Å²) >= 11 is 0. The zero-order valence-electron chi connectivity index (χ0n) is 16.2. The van der Waals surface area contributed by atoms with Crippen LogP contribution >= 0.6 is 0 Å². The molecule has 0 spiro atoms. The summed E-state index contributed by atoms with van der Waals surface area (Å²) in [6.07, 6.45) is -7.41. The lowest BCUT2D eigenvalue weighted by molar-refractivity contribution is -0.274. The molecule has 0 amide bonds. The minimum absolute atomic E-state index is 0.0229. The molecule has 13 heteroatoms. The molecule has 0 N–H and O–H groups in total. The number of ether oxygens (including phenoxy) is 1. The smallest absolute Gasteiger partial charge is 0.406 e. The van der Waals surface area contributed by atoms with Crippen molar-refractivity contribution in [3.05, 3.63) is 59.3 Å². The molecule has 0 aliphatic carbocycles. The Bertz CT molecular complexity index is 1280.